The van der Waals surface area contributed by atoms with Gasteiger partial charge in [0, 0.05) is 4.47 Å². The normalized spacial score (nSPS) is 13.7. The Kier molecular flexibility index (Phi) is 5.14. The van der Waals surface area contributed by atoms with Crippen molar-refractivity contribution in [2.75, 3.05) is 6.54 Å². The Hall–Kier alpha value is -2.67. The molecule has 0 unspecified atom stereocenters. The number of halogens is 1. The van der Waals surface area contributed by atoms with Gasteiger partial charge in [0.2, 0.25) is 5.91 Å². The zero-order valence-electron chi connectivity index (χ0n) is 13.2. The summed E-state index contributed by atoms with van der Waals surface area (Å²) in [5.74, 6) is -0.691. The number of carbonyl (C=O) groups excluding carboxylic acids is 3. The summed E-state index contributed by atoms with van der Waals surface area (Å²) >= 11 is 3.37. The van der Waals surface area contributed by atoms with Gasteiger partial charge in [-0.3, -0.25) is 9.69 Å². The topological polar surface area (TPSA) is 75.7 Å². The summed E-state index contributed by atoms with van der Waals surface area (Å²) in [6, 6.07) is 13.8. The fourth-order valence-corrected chi connectivity index (χ4v) is 2.85. The molecular formula is C18H15BrN2O4. The second-order valence-electron chi connectivity index (χ2n) is 5.54. The van der Waals surface area contributed by atoms with E-state index < -0.39 is 12.0 Å². The lowest BCUT2D eigenvalue weighted by Gasteiger charge is -2.12. The lowest BCUT2D eigenvalue weighted by molar-refractivity contribution is -0.125. The third-order valence-corrected chi connectivity index (χ3v) is 4.22. The molecule has 3 rings (SSSR count). The summed E-state index contributed by atoms with van der Waals surface area (Å²) in [5, 5.41) is 2.47. The molecule has 0 bridgehead atoms. The van der Waals surface area contributed by atoms with E-state index in [-0.39, 0.29) is 25.6 Å². The molecule has 128 valence electrons. The van der Waals surface area contributed by atoms with Gasteiger partial charge in [-0.2, -0.15) is 0 Å². The molecule has 1 saturated heterocycles. The minimum Gasteiger partial charge on any atom is -0.457 e. The van der Waals surface area contributed by atoms with Gasteiger partial charge in [-0.05, 0) is 35.4 Å². The highest BCUT2D eigenvalue weighted by Gasteiger charge is 2.28. The van der Waals surface area contributed by atoms with Crippen LogP contribution in [0.3, 0.4) is 0 Å². The number of nitrogens with zero attached hydrogens (tertiary/aromatic N) is 1. The van der Waals surface area contributed by atoms with Crippen LogP contribution in [0.5, 0.6) is 0 Å². The van der Waals surface area contributed by atoms with Crippen molar-refractivity contribution >= 4 is 33.8 Å². The van der Waals surface area contributed by atoms with Gasteiger partial charge in [0.05, 0.1) is 18.7 Å². The van der Waals surface area contributed by atoms with Crippen molar-refractivity contribution in [2.24, 2.45) is 0 Å². The summed E-state index contributed by atoms with van der Waals surface area (Å²) in [4.78, 5) is 36.3. The van der Waals surface area contributed by atoms with E-state index in [4.69, 9.17) is 4.74 Å². The number of esters is 1. The number of hydrogen-bond donors (Lipinski definition) is 1. The maximum atomic E-state index is 12.1. The summed E-state index contributed by atoms with van der Waals surface area (Å²) in [5.41, 5.74) is 2.06. The van der Waals surface area contributed by atoms with Gasteiger partial charge in [-0.15, -0.1) is 0 Å². The third kappa shape index (κ3) is 4.24. The largest absolute Gasteiger partial charge is 0.457 e. The Labute approximate surface area is 152 Å². The van der Waals surface area contributed by atoms with Gasteiger partial charge < -0.3 is 10.1 Å². The Morgan fingerprint density at radius 1 is 1.12 bits per heavy atom. The first-order chi connectivity index (χ1) is 12.0. The van der Waals surface area contributed by atoms with Gasteiger partial charge in [-0.1, -0.05) is 40.2 Å². The average molecular weight is 403 g/mol. The number of ether oxygens (including phenoxy) is 1. The van der Waals surface area contributed by atoms with E-state index in [9.17, 15) is 14.4 Å². The maximum absolute atomic E-state index is 12.1. The molecule has 2 aromatic carbocycles. The van der Waals surface area contributed by atoms with E-state index in [2.05, 4.69) is 21.2 Å². The summed E-state index contributed by atoms with van der Waals surface area (Å²) in [6.07, 6.45) is 0. The Morgan fingerprint density at radius 2 is 1.88 bits per heavy atom. The van der Waals surface area contributed by atoms with E-state index in [1.54, 1.807) is 24.3 Å². The Balaban J connectivity index is 1.59. The Bertz CT molecular complexity index is 804. The van der Waals surface area contributed by atoms with Crippen molar-refractivity contribution in [3.8, 4) is 0 Å². The number of rotatable bonds is 5. The standard InChI is InChI=1S/C18H15BrN2O4/c19-15-3-1-2-13(8-15)11-25-17(23)14-6-4-12(5-7-14)10-21-16(22)9-20-18(21)24/h1-8H,9-11H2,(H,20,24). The molecule has 1 N–H and O–H groups in total. The van der Waals surface area contributed by atoms with Crippen LogP contribution in [0, 0.1) is 0 Å². The first-order valence-electron chi connectivity index (χ1n) is 7.61. The third-order valence-electron chi connectivity index (χ3n) is 3.73. The zero-order chi connectivity index (χ0) is 17.8. The lowest BCUT2D eigenvalue weighted by atomic mass is 10.1. The van der Waals surface area contributed by atoms with Gasteiger partial charge in [-0.25, -0.2) is 9.59 Å². The van der Waals surface area contributed by atoms with Crippen molar-refractivity contribution in [1.82, 2.24) is 10.2 Å². The van der Waals surface area contributed by atoms with E-state index >= 15 is 0 Å². The number of nitrogens with one attached hydrogen (secondary N) is 1. The molecular weight excluding hydrogens is 388 g/mol. The second kappa shape index (κ2) is 7.48. The van der Waals surface area contributed by atoms with Crippen molar-refractivity contribution < 1.29 is 19.1 Å². The summed E-state index contributed by atoms with van der Waals surface area (Å²) in [6.45, 7) is 0.388. The fraction of sp³-hybridized carbons (Fsp3) is 0.167. The molecule has 0 spiro atoms. The number of urea groups is 1. The fourth-order valence-electron chi connectivity index (χ4n) is 2.40. The first-order valence-corrected chi connectivity index (χ1v) is 8.41. The van der Waals surface area contributed by atoms with E-state index in [0.717, 1.165) is 20.5 Å². The number of carbonyl (C=O) groups is 3. The van der Waals surface area contributed by atoms with Gasteiger partial charge in [0.15, 0.2) is 0 Å². The molecule has 25 heavy (non-hydrogen) atoms. The molecule has 0 aliphatic carbocycles. The van der Waals surface area contributed by atoms with Crippen LogP contribution in [0.4, 0.5) is 4.79 Å². The summed E-state index contributed by atoms with van der Waals surface area (Å²) in [7, 11) is 0. The molecule has 1 aliphatic rings. The van der Waals surface area contributed by atoms with Crippen LogP contribution in [-0.2, 0) is 22.7 Å². The molecule has 3 amide bonds. The summed E-state index contributed by atoms with van der Waals surface area (Å²) < 4.78 is 6.21. The van der Waals surface area contributed by atoms with Crippen molar-refractivity contribution in [3.05, 3.63) is 69.7 Å². The minimum atomic E-state index is -0.429. The zero-order valence-corrected chi connectivity index (χ0v) is 14.8. The van der Waals surface area contributed by atoms with Crippen LogP contribution in [0.15, 0.2) is 53.0 Å². The highest BCUT2D eigenvalue weighted by molar-refractivity contribution is 9.10. The number of hydrogen-bond acceptors (Lipinski definition) is 4. The van der Waals surface area contributed by atoms with E-state index in [0.29, 0.717) is 5.56 Å². The minimum absolute atomic E-state index is 0.0266. The smallest absolute Gasteiger partial charge is 0.338 e. The van der Waals surface area contributed by atoms with Gasteiger partial charge in [0.25, 0.3) is 0 Å². The lowest BCUT2D eigenvalue weighted by Crippen LogP contribution is -2.30. The molecule has 0 aromatic heterocycles. The van der Waals surface area contributed by atoms with Gasteiger partial charge in [0.1, 0.15) is 6.61 Å². The van der Waals surface area contributed by atoms with Crippen molar-refractivity contribution in [2.45, 2.75) is 13.2 Å². The van der Waals surface area contributed by atoms with Crippen LogP contribution in [-0.4, -0.2) is 29.4 Å². The second-order valence-corrected chi connectivity index (χ2v) is 6.46. The highest BCUT2D eigenvalue weighted by atomic mass is 79.9. The number of amides is 3. The molecule has 0 radical (unpaired) electrons. The average Bonchev–Trinajstić information content (AvgIpc) is 2.92. The van der Waals surface area contributed by atoms with Crippen LogP contribution >= 0.6 is 15.9 Å². The molecule has 2 aromatic rings. The molecule has 0 atom stereocenters. The monoisotopic (exact) mass is 402 g/mol. The molecule has 0 saturated carbocycles. The van der Waals surface area contributed by atoms with Crippen molar-refractivity contribution in [1.29, 1.82) is 0 Å². The Morgan fingerprint density at radius 3 is 2.52 bits per heavy atom. The van der Waals surface area contributed by atoms with Gasteiger partial charge >= 0.3 is 12.0 Å². The molecule has 1 fully saturated rings. The maximum Gasteiger partial charge on any atom is 0.338 e. The molecule has 1 heterocycles. The highest BCUT2D eigenvalue weighted by Crippen LogP contribution is 2.14. The predicted molar refractivity (Wildman–Crippen MR) is 93.7 cm³/mol. The molecule has 6 nitrogen and oxygen atoms in total. The SMILES string of the molecule is O=C(OCc1cccc(Br)c1)c1ccc(CN2C(=O)CNC2=O)cc1. The van der Waals surface area contributed by atoms with Crippen LogP contribution in [0.25, 0.3) is 0 Å². The van der Waals surface area contributed by atoms with Crippen molar-refractivity contribution in [3.63, 3.8) is 0 Å². The van der Waals surface area contributed by atoms with Crippen LogP contribution in [0.2, 0.25) is 0 Å². The molecule has 1 aliphatic heterocycles. The van der Waals surface area contributed by atoms with Crippen LogP contribution < -0.4 is 5.32 Å². The number of imide groups is 1. The molecule has 7 heteroatoms. The predicted octanol–water partition coefficient (Wildman–Crippen LogP) is 2.86. The quantitative estimate of drug-likeness (QED) is 0.616. The van der Waals surface area contributed by atoms with E-state index in [1.165, 1.54) is 0 Å². The first kappa shape index (κ1) is 17.2. The number of benzene rings is 2. The van der Waals surface area contributed by atoms with E-state index in [1.807, 2.05) is 24.3 Å². The van der Waals surface area contributed by atoms with Crippen LogP contribution in [0.1, 0.15) is 21.5 Å².